The first kappa shape index (κ1) is 81.4. The Morgan fingerprint density at radius 3 is 0.711 bits per heavy atom. The molecule has 3 aromatic carbocycles. The van der Waals surface area contributed by atoms with Crippen LogP contribution in [-0.2, 0) is 14.4 Å². The van der Waals surface area contributed by atoms with E-state index in [4.69, 9.17) is 0 Å². The second kappa shape index (κ2) is 37.1. The zero-order chi connectivity index (χ0) is 68.2. The average molecular weight is 2280 g/mol. The van der Waals surface area contributed by atoms with Crippen molar-refractivity contribution in [2.75, 3.05) is 136 Å². The van der Waals surface area contributed by atoms with Gasteiger partial charge in [-0.25, -0.2) is 0 Å². The SMILES string of the molecule is CN(CC(O)CO)C(=O)c1c(I)c(NC(=O)C(O)CO)c(I)c(C(=O)N2CCN(C(=O)c3c(I)c(NC(=O)C(O)CO)c(I)c(C(=O)N(C)CC(O)CO)c3I)CCN(C(=O)c3c(I)c(NC(=O)C(O)CO)c(I)c(C(=O)N(C)CC(O)CO)c3I)CC2)c1I. The number of anilines is 3. The van der Waals surface area contributed by atoms with Crippen molar-refractivity contribution in [3.8, 4) is 0 Å². The summed E-state index contributed by atoms with van der Waals surface area (Å²) in [7, 11) is 3.90. The summed E-state index contributed by atoms with van der Waals surface area (Å²) >= 11 is 15.7. The fraction of sp³-hybridized carbons (Fsp3) is 0.471. The maximum Gasteiger partial charge on any atom is 0.256 e. The number of hydrogen-bond donors (Lipinski definition) is 15. The molecule has 15 N–H and O–H groups in total. The second-order valence-electron chi connectivity index (χ2n) is 19.7. The van der Waals surface area contributed by atoms with Crippen molar-refractivity contribution in [2.24, 2.45) is 0 Å². The predicted octanol–water partition coefficient (Wildman–Crippen LogP) is -0.981. The van der Waals surface area contributed by atoms with Crippen molar-refractivity contribution in [1.82, 2.24) is 29.4 Å². The van der Waals surface area contributed by atoms with Gasteiger partial charge in [0.05, 0.1) is 130 Å². The van der Waals surface area contributed by atoms with Crippen molar-refractivity contribution < 1.29 is 104 Å². The fourth-order valence-corrected chi connectivity index (χ4v) is 21.5. The third-order valence-electron chi connectivity index (χ3n) is 13.3. The highest BCUT2D eigenvalue weighted by Gasteiger charge is 2.39. The molecule has 6 atom stereocenters. The number of likely N-dealkylation sites (N-methyl/N-ethyl adjacent to an activating group) is 3. The van der Waals surface area contributed by atoms with Crippen molar-refractivity contribution in [3.05, 3.63) is 65.5 Å². The maximum atomic E-state index is 15.7. The summed E-state index contributed by atoms with van der Waals surface area (Å²) in [6, 6.07) is 0. The van der Waals surface area contributed by atoms with Crippen LogP contribution in [0.2, 0.25) is 0 Å². The number of carbonyl (C=O) groups is 9. The van der Waals surface area contributed by atoms with Crippen molar-refractivity contribution in [3.63, 3.8) is 0 Å². The zero-order valence-electron chi connectivity index (χ0n) is 47.2. The first-order chi connectivity index (χ1) is 42.1. The number of halogens is 9. The largest absolute Gasteiger partial charge is 0.394 e. The maximum absolute atomic E-state index is 15.7. The molecular formula is C51H60I9N9O21. The number of amides is 9. The summed E-state index contributed by atoms with van der Waals surface area (Å²) in [6.45, 7) is -8.90. The van der Waals surface area contributed by atoms with E-state index in [2.05, 4.69) is 16.0 Å². The molecule has 1 heterocycles. The molecule has 30 nitrogen and oxygen atoms in total. The van der Waals surface area contributed by atoms with E-state index in [0.717, 1.165) is 14.7 Å². The fourth-order valence-electron chi connectivity index (χ4n) is 8.40. The average Bonchev–Trinajstić information content (AvgIpc) is 0.871. The molecule has 0 saturated carbocycles. The second-order valence-corrected chi connectivity index (χ2v) is 29.4. The number of benzene rings is 3. The molecule has 39 heteroatoms. The standard InChI is InChI=1S/C51H60I9N9O21/c1-64(10-19(76)13-70)46(85)25-31(52)28(37(58)40(34(25)55)61-43(82)22(79)16-73)49(88)67-4-6-68(50(89)29-32(53)26(47(86)65(2)11-20(77)14-71)35(56)41(38(29)59)62-44(83)23(80)17-74)8-9-69(7-5-67)51(90)30-33(54)27(48(87)66(3)12-21(78)15-72)36(57)42(39(30)60)63-45(84)24(81)18-75/h19-24,70-81H,4-18H2,1-3H3,(H,61,82)(H,62,83)(H,63,84). The van der Waals surface area contributed by atoms with Crippen LogP contribution in [0.1, 0.15) is 62.1 Å². The Kier molecular flexibility index (Phi) is 33.5. The van der Waals surface area contributed by atoms with Crippen LogP contribution >= 0.6 is 203 Å². The lowest BCUT2D eigenvalue weighted by molar-refractivity contribution is -0.126. The van der Waals surface area contributed by atoms with E-state index >= 15 is 14.4 Å². The van der Waals surface area contributed by atoms with Gasteiger partial charge in [0.25, 0.3) is 53.2 Å². The van der Waals surface area contributed by atoms with Crippen LogP contribution in [0, 0.1) is 32.1 Å². The molecule has 1 saturated heterocycles. The minimum atomic E-state index is -1.98. The lowest BCUT2D eigenvalue weighted by Crippen LogP contribution is -2.43. The molecule has 0 aromatic heterocycles. The van der Waals surface area contributed by atoms with Gasteiger partial charge >= 0.3 is 0 Å². The van der Waals surface area contributed by atoms with Crippen molar-refractivity contribution in [1.29, 1.82) is 0 Å². The van der Waals surface area contributed by atoms with Gasteiger partial charge in [-0.15, -0.1) is 0 Å². The van der Waals surface area contributed by atoms with E-state index in [1.807, 2.05) is 0 Å². The minimum absolute atomic E-state index is 0.00431. The molecule has 0 radical (unpaired) electrons. The Morgan fingerprint density at radius 1 is 0.344 bits per heavy atom. The number of aliphatic hydroxyl groups excluding tert-OH is 12. The van der Waals surface area contributed by atoms with Gasteiger partial charge in [0.2, 0.25) is 0 Å². The van der Waals surface area contributed by atoms with Gasteiger partial charge in [0.15, 0.2) is 18.3 Å². The van der Waals surface area contributed by atoms with Gasteiger partial charge in [-0.1, -0.05) is 0 Å². The van der Waals surface area contributed by atoms with Gasteiger partial charge in [-0.2, -0.15) is 0 Å². The molecule has 1 aliphatic heterocycles. The molecule has 9 amide bonds. The Bertz CT molecular complexity index is 2920. The van der Waals surface area contributed by atoms with Crippen LogP contribution in [0.3, 0.4) is 0 Å². The summed E-state index contributed by atoms with van der Waals surface area (Å²) in [5.74, 6) is -8.51. The Hall–Kier alpha value is -1.02. The Morgan fingerprint density at radius 2 is 0.533 bits per heavy atom. The van der Waals surface area contributed by atoms with Crippen LogP contribution in [0.5, 0.6) is 0 Å². The van der Waals surface area contributed by atoms with E-state index in [9.17, 15) is 90.0 Å². The molecule has 3 aromatic rings. The smallest absolute Gasteiger partial charge is 0.256 e. The summed E-state index contributed by atoms with van der Waals surface area (Å²) in [4.78, 5) is 137. The summed E-state index contributed by atoms with van der Waals surface area (Å²) < 4.78 is 0.0611. The highest BCUT2D eigenvalue weighted by Crippen LogP contribution is 2.41. The number of rotatable bonds is 24. The van der Waals surface area contributed by atoms with Gasteiger partial charge in [-0.3, -0.25) is 43.2 Å². The number of hydrogen-bond acceptors (Lipinski definition) is 21. The van der Waals surface area contributed by atoms with Gasteiger partial charge in [-0.05, 0) is 203 Å². The van der Waals surface area contributed by atoms with E-state index in [1.165, 1.54) is 35.8 Å². The van der Waals surface area contributed by atoms with Gasteiger partial charge in [0, 0.05) is 90.8 Å². The molecule has 498 valence electrons. The number of aliphatic hydroxyl groups is 12. The monoisotopic (exact) mass is 2280 g/mol. The van der Waals surface area contributed by atoms with Crippen LogP contribution in [0.15, 0.2) is 0 Å². The molecular weight excluding hydrogens is 2220 g/mol. The van der Waals surface area contributed by atoms with Crippen LogP contribution in [-0.4, -0.2) is 300 Å². The molecule has 0 aliphatic carbocycles. The Labute approximate surface area is 636 Å². The van der Waals surface area contributed by atoms with Crippen molar-refractivity contribution >= 4 is 274 Å². The van der Waals surface area contributed by atoms with Crippen molar-refractivity contribution in [2.45, 2.75) is 36.6 Å². The summed E-state index contributed by atoms with van der Waals surface area (Å²) in [5, 5.41) is 128. The topological polar surface area (TPSA) is 452 Å². The van der Waals surface area contributed by atoms with E-state index in [0.29, 0.717) is 0 Å². The number of nitrogens with zero attached hydrogens (tertiary/aromatic N) is 6. The van der Waals surface area contributed by atoms with Crippen LogP contribution in [0.4, 0.5) is 17.1 Å². The molecule has 4 rings (SSSR count). The molecule has 90 heavy (non-hydrogen) atoms. The number of nitrogens with one attached hydrogen (secondary N) is 3. The summed E-state index contributed by atoms with van der Waals surface area (Å²) in [5.41, 5.74) is -1.83. The van der Waals surface area contributed by atoms with Gasteiger partial charge in [0.1, 0.15) is 0 Å². The first-order valence-corrected chi connectivity index (χ1v) is 35.8. The zero-order valence-corrected chi connectivity index (χ0v) is 66.6. The third-order valence-corrected chi connectivity index (χ3v) is 23.0. The highest BCUT2D eigenvalue weighted by molar-refractivity contribution is 14.1. The summed E-state index contributed by atoms with van der Waals surface area (Å²) in [6.07, 6.45) is -10.2. The Balaban J connectivity index is 2.15. The minimum Gasteiger partial charge on any atom is -0.394 e. The molecule has 0 bridgehead atoms. The predicted molar refractivity (Wildman–Crippen MR) is 397 cm³/mol. The van der Waals surface area contributed by atoms with Crippen LogP contribution in [0.25, 0.3) is 0 Å². The van der Waals surface area contributed by atoms with Crippen LogP contribution < -0.4 is 16.0 Å². The molecule has 1 aliphatic rings. The van der Waals surface area contributed by atoms with E-state index < -0.39 is 188 Å². The molecule has 0 spiro atoms. The lowest BCUT2D eigenvalue weighted by atomic mass is 10.1. The third kappa shape index (κ3) is 19.4. The lowest BCUT2D eigenvalue weighted by Gasteiger charge is -2.29. The highest BCUT2D eigenvalue weighted by atomic mass is 127. The van der Waals surface area contributed by atoms with Gasteiger partial charge < -0.3 is 107 Å². The quantitative estimate of drug-likeness (QED) is 0.0479. The first-order valence-electron chi connectivity index (χ1n) is 26.1. The number of carbonyl (C=O) groups excluding carboxylic acids is 9. The normalized spacial score (nSPS) is 14.9. The van der Waals surface area contributed by atoms with E-state index in [-0.39, 0.29) is 82.6 Å². The van der Waals surface area contributed by atoms with E-state index in [1.54, 1.807) is 203 Å². The molecule has 1 fully saturated rings. The molecule has 6 unspecified atom stereocenters.